The lowest BCUT2D eigenvalue weighted by molar-refractivity contribution is -0.143. The van der Waals surface area contributed by atoms with Crippen LogP contribution >= 0.6 is 0 Å². The molecule has 1 unspecified atom stereocenters. The van der Waals surface area contributed by atoms with E-state index < -0.39 is 5.97 Å². The van der Waals surface area contributed by atoms with Crippen molar-refractivity contribution in [3.8, 4) is 0 Å². The van der Waals surface area contributed by atoms with E-state index in [0.29, 0.717) is 12.1 Å². The number of hydrogen-bond acceptors (Lipinski definition) is 3. The highest BCUT2D eigenvalue weighted by Gasteiger charge is 2.31. The number of aliphatic carboxylic acids is 1. The second-order valence-electron chi connectivity index (χ2n) is 5.34. The van der Waals surface area contributed by atoms with Crippen LogP contribution in [-0.4, -0.2) is 48.3 Å². The highest BCUT2D eigenvalue weighted by molar-refractivity contribution is 5.70. The van der Waals surface area contributed by atoms with Crippen LogP contribution in [0.5, 0.6) is 0 Å². The lowest BCUT2D eigenvalue weighted by Crippen LogP contribution is -2.46. The standard InChI is InChI=1S/C13H23NO3/c1-17-12-3-2-8-14(9-12)11-6-4-10(5-7-11)13(15)16/h10-12H,2-9H2,1H3,(H,15,16). The van der Waals surface area contributed by atoms with Crippen molar-refractivity contribution in [1.82, 2.24) is 4.90 Å². The fourth-order valence-corrected chi connectivity index (χ4v) is 3.18. The summed E-state index contributed by atoms with van der Waals surface area (Å²) in [4.78, 5) is 13.4. The summed E-state index contributed by atoms with van der Waals surface area (Å²) in [5.41, 5.74) is 0. The minimum atomic E-state index is -0.614. The molecule has 1 aliphatic carbocycles. The Morgan fingerprint density at radius 2 is 1.94 bits per heavy atom. The molecule has 0 spiro atoms. The lowest BCUT2D eigenvalue weighted by atomic mass is 9.84. The first-order chi connectivity index (χ1) is 8.20. The molecule has 4 nitrogen and oxygen atoms in total. The first-order valence-corrected chi connectivity index (χ1v) is 6.70. The van der Waals surface area contributed by atoms with E-state index in [1.807, 2.05) is 0 Å². The molecule has 17 heavy (non-hydrogen) atoms. The van der Waals surface area contributed by atoms with Gasteiger partial charge in [-0.05, 0) is 45.1 Å². The molecule has 1 aliphatic heterocycles. The third-order valence-electron chi connectivity index (χ3n) is 4.31. The third kappa shape index (κ3) is 3.19. The van der Waals surface area contributed by atoms with Crippen LogP contribution in [0.2, 0.25) is 0 Å². The Bertz CT molecular complexity index is 261. The summed E-state index contributed by atoms with van der Waals surface area (Å²) in [7, 11) is 1.79. The summed E-state index contributed by atoms with van der Waals surface area (Å²) in [6.07, 6.45) is 6.50. The van der Waals surface area contributed by atoms with Crippen LogP contribution in [0.15, 0.2) is 0 Å². The molecule has 0 aromatic heterocycles. The van der Waals surface area contributed by atoms with E-state index in [1.165, 1.54) is 6.42 Å². The first-order valence-electron chi connectivity index (χ1n) is 6.70. The van der Waals surface area contributed by atoms with Gasteiger partial charge in [0.05, 0.1) is 12.0 Å². The van der Waals surface area contributed by atoms with E-state index in [2.05, 4.69) is 4.90 Å². The van der Waals surface area contributed by atoms with Crippen molar-refractivity contribution in [2.24, 2.45) is 5.92 Å². The van der Waals surface area contributed by atoms with E-state index in [4.69, 9.17) is 9.84 Å². The van der Waals surface area contributed by atoms with E-state index >= 15 is 0 Å². The van der Waals surface area contributed by atoms with Crippen molar-refractivity contribution in [1.29, 1.82) is 0 Å². The maximum absolute atomic E-state index is 10.9. The summed E-state index contributed by atoms with van der Waals surface area (Å²) in [6.45, 7) is 2.18. The van der Waals surface area contributed by atoms with Gasteiger partial charge in [-0.25, -0.2) is 0 Å². The second-order valence-corrected chi connectivity index (χ2v) is 5.34. The monoisotopic (exact) mass is 241 g/mol. The molecular weight excluding hydrogens is 218 g/mol. The zero-order valence-corrected chi connectivity index (χ0v) is 10.6. The average molecular weight is 241 g/mol. The molecule has 0 radical (unpaired) electrons. The smallest absolute Gasteiger partial charge is 0.306 e. The van der Waals surface area contributed by atoms with Gasteiger partial charge in [0, 0.05) is 19.7 Å². The van der Waals surface area contributed by atoms with E-state index in [0.717, 1.165) is 45.2 Å². The molecule has 1 saturated carbocycles. The normalized spacial score (nSPS) is 35.7. The fourth-order valence-electron chi connectivity index (χ4n) is 3.18. The van der Waals surface area contributed by atoms with Crippen LogP contribution in [0.25, 0.3) is 0 Å². The molecule has 1 heterocycles. The van der Waals surface area contributed by atoms with Gasteiger partial charge in [-0.2, -0.15) is 0 Å². The predicted molar refractivity (Wildman–Crippen MR) is 65.0 cm³/mol. The maximum atomic E-state index is 10.9. The molecule has 2 aliphatic rings. The molecule has 0 aromatic carbocycles. The van der Waals surface area contributed by atoms with Crippen molar-refractivity contribution in [3.63, 3.8) is 0 Å². The van der Waals surface area contributed by atoms with Gasteiger partial charge in [0.15, 0.2) is 0 Å². The topological polar surface area (TPSA) is 49.8 Å². The van der Waals surface area contributed by atoms with E-state index in [1.54, 1.807) is 7.11 Å². The zero-order valence-electron chi connectivity index (χ0n) is 10.6. The molecule has 1 saturated heterocycles. The molecule has 4 heteroatoms. The second kappa shape index (κ2) is 5.83. The van der Waals surface area contributed by atoms with Gasteiger partial charge < -0.3 is 9.84 Å². The summed E-state index contributed by atoms with van der Waals surface area (Å²) in [5.74, 6) is -0.717. The summed E-state index contributed by atoms with van der Waals surface area (Å²) in [5, 5.41) is 8.98. The Balaban J connectivity index is 1.81. The number of carboxylic acid groups (broad SMARTS) is 1. The number of ether oxygens (including phenoxy) is 1. The van der Waals surface area contributed by atoms with Crippen LogP contribution in [0.1, 0.15) is 38.5 Å². The molecule has 0 bridgehead atoms. The van der Waals surface area contributed by atoms with Gasteiger partial charge in [0.1, 0.15) is 0 Å². The number of likely N-dealkylation sites (tertiary alicyclic amines) is 1. The van der Waals surface area contributed by atoms with Crippen LogP contribution < -0.4 is 0 Å². The molecule has 2 fully saturated rings. The Kier molecular flexibility index (Phi) is 4.40. The number of nitrogens with zero attached hydrogens (tertiary/aromatic N) is 1. The van der Waals surface area contributed by atoms with Gasteiger partial charge in [0.25, 0.3) is 0 Å². The molecule has 0 amide bonds. The average Bonchev–Trinajstić information content (AvgIpc) is 2.39. The zero-order chi connectivity index (χ0) is 12.3. The molecule has 0 aromatic rings. The first kappa shape index (κ1) is 12.8. The number of rotatable bonds is 3. The highest BCUT2D eigenvalue weighted by atomic mass is 16.5. The van der Waals surface area contributed by atoms with Gasteiger partial charge in [-0.1, -0.05) is 0 Å². The Morgan fingerprint density at radius 1 is 1.24 bits per heavy atom. The van der Waals surface area contributed by atoms with Crippen molar-refractivity contribution >= 4 is 5.97 Å². The van der Waals surface area contributed by atoms with Gasteiger partial charge in [-0.3, -0.25) is 9.69 Å². The summed E-state index contributed by atoms with van der Waals surface area (Å²) < 4.78 is 5.44. The van der Waals surface area contributed by atoms with Crippen LogP contribution in [-0.2, 0) is 9.53 Å². The van der Waals surface area contributed by atoms with Crippen molar-refractivity contribution in [2.45, 2.75) is 50.7 Å². The number of piperidine rings is 1. The molecule has 1 N–H and O–H groups in total. The lowest BCUT2D eigenvalue weighted by Gasteiger charge is -2.40. The number of carboxylic acids is 1. The SMILES string of the molecule is COC1CCCN(C2CCC(C(=O)O)CC2)C1. The predicted octanol–water partition coefficient (Wildman–Crippen LogP) is 1.74. The molecule has 1 atom stereocenters. The van der Waals surface area contributed by atoms with E-state index in [9.17, 15) is 4.79 Å². The van der Waals surface area contributed by atoms with Gasteiger partial charge in [-0.15, -0.1) is 0 Å². The minimum Gasteiger partial charge on any atom is -0.481 e. The Morgan fingerprint density at radius 3 is 2.53 bits per heavy atom. The number of hydrogen-bond donors (Lipinski definition) is 1. The Labute approximate surface area is 103 Å². The maximum Gasteiger partial charge on any atom is 0.306 e. The van der Waals surface area contributed by atoms with Gasteiger partial charge >= 0.3 is 5.97 Å². The van der Waals surface area contributed by atoms with E-state index in [-0.39, 0.29) is 5.92 Å². The van der Waals surface area contributed by atoms with Crippen molar-refractivity contribution in [3.05, 3.63) is 0 Å². The van der Waals surface area contributed by atoms with Crippen LogP contribution in [0.3, 0.4) is 0 Å². The highest BCUT2D eigenvalue weighted by Crippen LogP contribution is 2.29. The fraction of sp³-hybridized carbons (Fsp3) is 0.923. The minimum absolute atomic E-state index is 0.103. The number of methoxy groups -OCH3 is 1. The molecular formula is C13H23NO3. The summed E-state index contributed by atoms with van der Waals surface area (Å²) >= 11 is 0. The quantitative estimate of drug-likeness (QED) is 0.817. The van der Waals surface area contributed by atoms with Crippen molar-refractivity contribution in [2.75, 3.05) is 20.2 Å². The van der Waals surface area contributed by atoms with Crippen molar-refractivity contribution < 1.29 is 14.6 Å². The Hall–Kier alpha value is -0.610. The largest absolute Gasteiger partial charge is 0.481 e. The van der Waals surface area contributed by atoms with Gasteiger partial charge in [0.2, 0.25) is 0 Å². The molecule has 2 rings (SSSR count). The number of carbonyl (C=O) groups is 1. The third-order valence-corrected chi connectivity index (χ3v) is 4.31. The van der Waals surface area contributed by atoms with Crippen LogP contribution in [0, 0.1) is 5.92 Å². The summed E-state index contributed by atoms with van der Waals surface area (Å²) in [6, 6.07) is 0.587. The molecule has 98 valence electrons. The van der Waals surface area contributed by atoms with Crippen LogP contribution in [0.4, 0.5) is 0 Å².